The first-order valence-corrected chi connectivity index (χ1v) is 3.67. The topological polar surface area (TPSA) is 15.3 Å². The number of halogens is 3. The smallest absolute Gasteiger partial charge is 0.139 e. The molecule has 2 nitrogen and oxygen atoms in total. The predicted octanol–water partition coefficient (Wildman–Crippen LogP) is 2.16. The SMILES string of the molecule is CN1NC(Cl)=C(Cl)C=C1Cl. The van der Waals surface area contributed by atoms with Crippen LogP contribution in [0.15, 0.2) is 21.4 Å². The van der Waals surface area contributed by atoms with E-state index in [-0.39, 0.29) is 0 Å². The van der Waals surface area contributed by atoms with Gasteiger partial charge in [-0.3, -0.25) is 10.4 Å². The van der Waals surface area contributed by atoms with Crippen LogP contribution < -0.4 is 5.43 Å². The molecule has 5 heteroatoms. The third-order valence-electron chi connectivity index (χ3n) is 1.04. The van der Waals surface area contributed by atoms with Gasteiger partial charge in [0, 0.05) is 7.05 Å². The van der Waals surface area contributed by atoms with Gasteiger partial charge in [0.05, 0.1) is 5.03 Å². The monoisotopic (exact) mass is 198 g/mol. The fourth-order valence-corrected chi connectivity index (χ4v) is 1.05. The second kappa shape index (κ2) is 2.91. The van der Waals surface area contributed by atoms with Gasteiger partial charge >= 0.3 is 0 Å². The van der Waals surface area contributed by atoms with Crippen LogP contribution in [0.1, 0.15) is 0 Å². The number of hydrazine groups is 1. The first kappa shape index (κ1) is 8.05. The normalized spacial score (nSPS) is 18.8. The van der Waals surface area contributed by atoms with Gasteiger partial charge in [-0.2, -0.15) is 0 Å². The van der Waals surface area contributed by atoms with E-state index in [1.54, 1.807) is 18.1 Å². The van der Waals surface area contributed by atoms with Crippen LogP contribution in [-0.2, 0) is 0 Å². The maximum atomic E-state index is 5.67. The molecule has 0 aliphatic carbocycles. The van der Waals surface area contributed by atoms with Crippen molar-refractivity contribution in [3.63, 3.8) is 0 Å². The molecule has 0 fully saturated rings. The van der Waals surface area contributed by atoms with Gasteiger partial charge < -0.3 is 0 Å². The molecule has 1 rings (SSSR count). The Kier molecular flexibility index (Phi) is 2.34. The molecule has 1 aliphatic rings. The average Bonchev–Trinajstić information content (AvgIpc) is 1.84. The largest absolute Gasteiger partial charge is 0.286 e. The lowest BCUT2D eigenvalue weighted by atomic mass is 10.5. The number of allylic oxidation sites excluding steroid dienone is 2. The second-order valence-electron chi connectivity index (χ2n) is 1.80. The fourth-order valence-electron chi connectivity index (χ4n) is 0.519. The summed E-state index contributed by atoms with van der Waals surface area (Å²) in [5.74, 6) is 0. The third kappa shape index (κ3) is 1.51. The van der Waals surface area contributed by atoms with E-state index in [4.69, 9.17) is 34.8 Å². The molecular weight excluding hydrogens is 194 g/mol. The molecule has 0 unspecified atom stereocenters. The van der Waals surface area contributed by atoms with E-state index < -0.39 is 0 Å². The first-order chi connectivity index (χ1) is 4.61. The summed E-state index contributed by atoms with van der Waals surface area (Å²) < 4.78 is 0. The van der Waals surface area contributed by atoms with Crippen molar-refractivity contribution in [1.82, 2.24) is 10.4 Å². The van der Waals surface area contributed by atoms with E-state index >= 15 is 0 Å². The van der Waals surface area contributed by atoms with Gasteiger partial charge in [0.25, 0.3) is 0 Å². The fraction of sp³-hybridized carbons (Fsp3) is 0.200. The summed E-state index contributed by atoms with van der Waals surface area (Å²) >= 11 is 16.9. The predicted molar refractivity (Wildman–Crippen MR) is 43.6 cm³/mol. The van der Waals surface area contributed by atoms with E-state index in [0.717, 1.165) is 0 Å². The number of nitrogens with one attached hydrogen (secondary N) is 1. The molecule has 1 heterocycles. The van der Waals surface area contributed by atoms with Crippen LogP contribution in [-0.4, -0.2) is 12.1 Å². The van der Waals surface area contributed by atoms with Crippen molar-refractivity contribution >= 4 is 34.8 Å². The maximum absolute atomic E-state index is 5.67. The molecule has 0 atom stereocenters. The average molecular weight is 199 g/mol. The van der Waals surface area contributed by atoms with Crippen LogP contribution in [0.2, 0.25) is 0 Å². The lowest BCUT2D eigenvalue weighted by Gasteiger charge is -2.23. The van der Waals surface area contributed by atoms with E-state index in [9.17, 15) is 0 Å². The summed E-state index contributed by atoms with van der Waals surface area (Å²) in [6.07, 6.45) is 1.57. The lowest BCUT2D eigenvalue weighted by Crippen LogP contribution is -2.32. The zero-order valence-electron chi connectivity index (χ0n) is 5.16. The Balaban J connectivity index is 2.88. The van der Waals surface area contributed by atoms with Gasteiger partial charge in [-0.15, -0.1) is 0 Å². The Hall–Kier alpha value is -0.0500. The molecule has 0 aromatic rings. The van der Waals surface area contributed by atoms with Gasteiger partial charge in [0.2, 0.25) is 0 Å². The van der Waals surface area contributed by atoms with Crippen LogP contribution >= 0.6 is 34.8 Å². The van der Waals surface area contributed by atoms with E-state index in [1.165, 1.54) is 0 Å². The summed E-state index contributed by atoms with van der Waals surface area (Å²) in [4.78, 5) is 0. The van der Waals surface area contributed by atoms with Gasteiger partial charge in [-0.1, -0.05) is 34.8 Å². The standard InChI is InChI=1S/C5H5Cl3N2/c1-10-4(7)2-3(6)5(8)9-10/h2,9H,1H3. The maximum Gasteiger partial charge on any atom is 0.139 e. The Morgan fingerprint density at radius 3 is 2.50 bits per heavy atom. The highest BCUT2D eigenvalue weighted by molar-refractivity contribution is 6.41. The number of rotatable bonds is 0. The molecule has 0 spiro atoms. The summed E-state index contributed by atoms with van der Waals surface area (Å²) in [5.41, 5.74) is 2.72. The van der Waals surface area contributed by atoms with Gasteiger partial charge in [0.15, 0.2) is 0 Å². The van der Waals surface area contributed by atoms with E-state index in [0.29, 0.717) is 15.3 Å². The van der Waals surface area contributed by atoms with Crippen LogP contribution in [0.3, 0.4) is 0 Å². The molecule has 0 amide bonds. The Bertz CT molecular complexity index is 209. The van der Waals surface area contributed by atoms with Crippen LogP contribution in [0.25, 0.3) is 0 Å². The third-order valence-corrected chi connectivity index (χ3v) is 2.09. The summed E-state index contributed by atoms with van der Waals surface area (Å²) in [6.45, 7) is 0. The van der Waals surface area contributed by atoms with Crippen LogP contribution in [0.5, 0.6) is 0 Å². The highest BCUT2D eigenvalue weighted by Gasteiger charge is 2.11. The van der Waals surface area contributed by atoms with Crippen molar-refractivity contribution in [3.8, 4) is 0 Å². The summed E-state index contributed by atoms with van der Waals surface area (Å²) in [6, 6.07) is 0. The molecular formula is C5H5Cl3N2. The van der Waals surface area contributed by atoms with Crippen LogP contribution in [0.4, 0.5) is 0 Å². The van der Waals surface area contributed by atoms with Crippen molar-refractivity contribution < 1.29 is 0 Å². The van der Waals surface area contributed by atoms with E-state index in [1.807, 2.05) is 0 Å². The van der Waals surface area contributed by atoms with Crippen molar-refractivity contribution in [2.75, 3.05) is 7.05 Å². The van der Waals surface area contributed by atoms with Gasteiger partial charge in [-0.25, -0.2) is 0 Å². The molecule has 1 N–H and O–H groups in total. The van der Waals surface area contributed by atoms with Crippen molar-refractivity contribution in [1.29, 1.82) is 0 Å². The Morgan fingerprint density at radius 1 is 1.40 bits per heavy atom. The lowest BCUT2D eigenvalue weighted by molar-refractivity contribution is 0.363. The first-order valence-electron chi connectivity index (χ1n) is 2.54. The number of hydrogen-bond acceptors (Lipinski definition) is 2. The zero-order valence-corrected chi connectivity index (χ0v) is 7.43. The zero-order chi connectivity index (χ0) is 7.72. The van der Waals surface area contributed by atoms with Crippen molar-refractivity contribution in [3.05, 3.63) is 21.4 Å². The molecule has 0 aromatic carbocycles. The molecule has 1 aliphatic heterocycles. The molecule has 0 saturated carbocycles. The molecule has 0 bridgehead atoms. The van der Waals surface area contributed by atoms with E-state index in [2.05, 4.69) is 5.43 Å². The molecule has 56 valence electrons. The minimum absolute atomic E-state index is 0.383. The second-order valence-corrected chi connectivity index (χ2v) is 2.97. The quantitative estimate of drug-likeness (QED) is 0.602. The highest BCUT2D eigenvalue weighted by Crippen LogP contribution is 2.22. The van der Waals surface area contributed by atoms with Gasteiger partial charge in [-0.05, 0) is 6.08 Å². The molecule has 10 heavy (non-hydrogen) atoms. The number of nitrogens with zero attached hydrogens (tertiary/aromatic N) is 1. The van der Waals surface area contributed by atoms with Crippen molar-refractivity contribution in [2.24, 2.45) is 0 Å². The summed E-state index contributed by atoms with van der Waals surface area (Å²) in [5, 5.41) is 2.88. The number of hydrogen-bond donors (Lipinski definition) is 1. The summed E-state index contributed by atoms with van der Waals surface area (Å²) in [7, 11) is 1.74. The molecule has 0 saturated heterocycles. The molecule has 0 aromatic heterocycles. The van der Waals surface area contributed by atoms with Gasteiger partial charge in [0.1, 0.15) is 10.3 Å². The minimum Gasteiger partial charge on any atom is -0.286 e. The van der Waals surface area contributed by atoms with Crippen molar-refractivity contribution in [2.45, 2.75) is 0 Å². The molecule has 0 radical (unpaired) electrons. The Labute approximate surface area is 74.0 Å². The van der Waals surface area contributed by atoms with Crippen LogP contribution in [0, 0.1) is 0 Å². The Morgan fingerprint density at radius 2 is 2.00 bits per heavy atom. The highest BCUT2D eigenvalue weighted by atomic mass is 35.5. The minimum atomic E-state index is 0.383.